The lowest BCUT2D eigenvalue weighted by Crippen LogP contribution is -2.24. The van der Waals surface area contributed by atoms with Crippen molar-refractivity contribution in [2.45, 2.75) is 46.1 Å². The van der Waals surface area contributed by atoms with Gasteiger partial charge in [-0.25, -0.2) is 0 Å². The number of hydrogen-bond donors (Lipinski definition) is 1. The summed E-state index contributed by atoms with van der Waals surface area (Å²) in [4.78, 5) is 2.63. The van der Waals surface area contributed by atoms with Crippen LogP contribution in [0.5, 0.6) is 0 Å². The molecule has 1 heterocycles. The molecule has 1 atom stereocenters. The third-order valence-corrected chi connectivity index (χ3v) is 4.94. The molecule has 2 aromatic rings. The van der Waals surface area contributed by atoms with E-state index in [4.69, 9.17) is 0 Å². The Labute approximate surface area is 119 Å². The molecule has 0 amide bonds. The first kappa shape index (κ1) is 14.3. The highest BCUT2D eigenvalue weighted by molar-refractivity contribution is 7.12. The Morgan fingerprint density at radius 2 is 1.74 bits per heavy atom. The van der Waals surface area contributed by atoms with Crippen molar-refractivity contribution in [3.8, 4) is 0 Å². The molecule has 0 fully saturated rings. The molecular weight excluding hydrogens is 252 g/mol. The summed E-state index contributed by atoms with van der Waals surface area (Å²) in [6.45, 7) is 8.26. The van der Waals surface area contributed by atoms with Crippen molar-refractivity contribution in [2.75, 3.05) is 0 Å². The van der Waals surface area contributed by atoms with Gasteiger partial charge in [0, 0.05) is 16.2 Å². The molecule has 0 aliphatic carbocycles. The Morgan fingerprint density at radius 3 is 2.32 bits per heavy atom. The van der Waals surface area contributed by atoms with Crippen LogP contribution >= 0.6 is 11.3 Å². The van der Waals surface area contributed by atoms with Gasteiger partial charge in [-0.15, -0.1) is 11.3 Å². The molecule has 2 rings (SSSR count). The van der Waals surface area contributed by atoms with E-state index in [1.807, 2.05) is 13.0 Å². The fraction of sp³-hybridized carbons (Fsp3) is 0.412. The summed E-state index contributed by atoms with van der Waals surface area (Å²) in [6, 6.07) is 10.5. The smallest absolute Gasteiger partial charge is 0.0916 e. The second-order valence-corrected chi connectivity index (χ2v) is 6.72. The second-order valence-electron chi connectivity index (χ2n) is 5.47. The summed E-state index contributed by atoms with van der Waals surface area (Å²) in [5.74, 6) is 0. The topological polar surface area (TPSA) is 20.2 Å². The Bertz CT molecular complexity index is 566. The summed E-state index contributed by atoms with van der Waals surface area (Å²) in [5.41, 5.74) is 2.71. The number of rotatable bonds is 4. The monoisotopic (exact) mass is 274 g/mol. The molecule has 1 N–H and O–H groups in total. The van der Waals surface area contributed by atoms with Gasteiger partial charge in [-0.05, 0) is 56.0 Å². The first-order chi connectivity index (χ1) is 8.92. The first-order valence-corrected chi connectivity index (χ1v) is 7.61. The predicted octanol–water partition coefficient (Wildman–Crippen LogP) is 4.38. The fourth-order valence-electron chi connectivity index (χ4n) is 2.23. The van der Waals surface area contributed by atoms with Crippen molar-refractivity contribution in [1.82, 2.24) is 0 Å². The normalized spacial score (nSPS) is 14.4. The van der Waals surface area contributed by atoms with E-state index in [1.165, 1.54) is 20.9 Å². The van der Waals surface area contributed by atoms with E-state index in [2.05, 4.69) is 45.0 Å². The van der Waals surface area contributed by atoms with Gasteiger partial charge in [0.1, 0.15) is 0 Å². The van der Waals surface area contributed by atoms with Crippen molar-refractivity contribution >= 4 is 11.3 Å². The number of benzene rings is 1. The molecule has 1 nitrogen and oxygen atoms in total. The van der Waals surface area contributed by atoms with Crippen LogP contribution in [-0.2, 0) is 18.4 Å². The maximum absolute atomic E-state index is 10.7. The average Bonchev–Trinajstić information content (AvgIpc) is 2.79. The van der Waals surface area contributed by atoms with E-state index >= 15 is 0 Å². The molecule has 2 heteroatoms. The highest BCUT2D eigenvalue weighted by atomic mass is 32.1. The molecular formula is C17H22OS. The number of hydrogen-bond acceptors (Lipinski definition) is 2. The fourth-order valence-corrected chi connectivity index (χ4v) is 3.33. The van der Waals surface area contributed by atoms with Crippen LogP contribution in [-0.4, -0.2) is 5.11 Å². The zero-order chi connectivity index (χ0) is 14.0. The molecule has 0 bridgehead atoms. The second kappa shape index (κ2) is 5.48. The Kier molecular flexibility index (Phi) is 4.12. The summed E-state index contributed by atoms with van der Waals surface area (Å²) >= 11 is 1.80. The van der Waals surface area contributed by atoms with Crippen LogP contribution in [0.4, 0.5) is 0 Å². The minimum Gasteiger partial charge on any atom is -0.385 e. The zero-order valence-corrected chi connectivity index (χ0v) is 13.0. The standard InChI is InChI=1S/C17H22OS/c1-5-15-8-9-16(19-15)11-17(4,18)14-7-6-12(2)13(3)10-14/h6-10,18H,5,11H2,1-4H3. The van der Waals surface area contributed by atoms with Crippen molar-refractivity contribution in [3.05, 3.63) is 56.8 Å². The van der Waals surface area contributed by atoms with Gasteiger partial charge in [0.2, 0.25) is 0 Å². The molecule has 1 aromatic heterocycles. The quantitative estimate of drug-likeness (QED) is 0.877. The van der Waals surface area contributed by atoms with Gasteiger partial charge in [0.05, 0.1) is 5.60 Å². The van der Waals surface area contributed by atoms with Crippen LogP contribution in [0.2, 0.25) is 0 Å². The molecule has 1 aromatic carbocycles. The van der Waals surface area contributed by atoms with Gasteiger partial charge in [-0.3, -0.25) is 0 Å². The number of thiophene rings is 1. The van der Waals surface area contributed by atoms with Crippen LogP contribution < -0.4 is 0 Å². The Balaban J connectivity index is 2.23. The third-order valence-electron chi connectivity index (χ3n) is 3.71. The Hall–Kier alpha value is -1.12. The lowest BCUT2D eigenvalue weighted by atomic mass is 9.90. The molecule has 0 saturated heterocycles. The lowest BCUT2D eigenvalue weighted by Gasteiger charge is -2.24. The number of aryl methyl sites for hydroxylation is 3. The highest BCUT2D eigenvalue weighted by Gasteiger charge is 2.24. The summed E-state index contributed by atoms with van der Waals surface area (Å²) in [6.07, 6.45) is 1.75. The van der Waals surface area contributed by atoms with Crippen LogP contribution in [0, 0.1) is 13.8 Å². The van der Waals surface area contributed by atoms with Crippen molar-refractivity contribution < 1.29 is 5.11 Å². The van der Waals surface area contributed by atoms with Crippen molar-refractivity contribution in [3.63, 3.8) is 0 Å². The lowest BCUT2D eigenvalue weighted by molar-refractivity contribution is 0.0584. The molecule has 19 heavy (non-hydrogen) atoms. The number of aliphatic hydroxyl groups is 1. The average molecular weight is 274 g/mol. The minimum absolute atomic E-state index is 0.681. The first-order valence-electron chi connectivity index (χ1n) is 6.80. The van der Waals surface area contributed by atoms with Gasteiger partial charge in [0.15, 0.2) is 0 Å². The van der Waals surface area contributed by atoms with Gasteiger partial charge in [-0.1, -0.05) is 25.1 Å². The predicted molar refractivity (Wildman–Crippen MR) is 82.9 cm³/mol. The van der Waals surface area contributed by atoms with E-state index in [0.29, 0.717) is 6.42 Å². The molecule has 0 aliphatic rings. The summed E-state index contributed by atoms with van der Waals surface area (Å²) in [7, 11) is 0. The molecule has 0 saturated carbocycles. The van der Waals surface area contributed by atoms with E-state index in [1.54, 1.807) is 11.3 Å². The third kappa shape index (κ3) is 3.26. The summed E-state index contributed by atoms with van der Waals surface area (Å²) in [5, 5.41) is 10.7. The molecule has 0 radical (unpaired) electrons. The van der Waals surface area contributed by atoms with E-state index in [0.717, 1.165) is 12.0 Å². The molecule has 102 valence electrons. The SMILES string of the molecule is CCc1ccc(CC(C)(O)c2ccc(C)c(C)c2)s1. The van der Waals surface area contributed by atoms with Crippen LogP contribution in [0.3, 0.4) is 0 Å². The maximum atomic E-state index is 10.7. The largest absolute Gasteiger partial charge is 0.385 e. The van der Waals surface area contributed by atoms with Gasteiger partial charge in [-0.2, -0.15) is 0 Å². The highest BCUT2D eigenvalue weighted by Crippen LogP contribution is 2.29. The maximum Gasteiger partial charge on any atom is 0.0916 e. The van der Waals surface area contributed by atoms with Gasteiger partial charge in [0.25, 0.3) is 0 Å². The van der Waals surface area contributed by atoms with E-state index < -0.39 is 5.60 Å². The Morgan fingerprint density at radius 1 is 1.05 bits per heavy atom. The van der Waals surface area contributed by atoms with E-state index in [-0.39, 0.29) is 0 Å². The summed E-state index contributed by atoms with van der Waals surface area (Å²) < 4.78 is 0. The van der Waals surface area contributed by atoms with Crippen LogP contribution in [0.1, 0.15) is 40.3 Å². The molecule has 0 aliphatic heterocycles. The molecule has 1 unspecified atom stereocenters. The van der Waals surface area contributed by atoms with Crippen molar-refractivity contribution in [2.24, 2.45) is 0 Å². The van der Waals surface area contributed by atoms with E-state index in [9.17, 15) is 5.11 Å². The minimum atomic E-state index is -0.797. The van der Waals surface area contributed by atoms with Crippen molar-refractivity contribution in [1.29, 1.82) is 0 Å². The van der Waals surface area contributed by atoms with Gasteiger partial charge < -0.3 is 5.11 Å². The molecule has 0 spiro atoms. The zero-order valence-electron chi connectivity index (χ0n) is 12.2. The van der Waals surface area contributed by atoms with Gasteiger partial charge >= 0.3 is 0 Å². The van der Waals surface area contributed by atoms with Crippen LogP contribution in [0.25, 0.3) is 0 Å². The van der Waals surface area contributed by atoms with Crippen LogP contribution in [0.15, 0.2) is 30.3 Å².